The van der Waals surface area contributed by atoms with E-state index in [1.165, 1.54) is 10.6 Å². The lowest BCUT2D eigenvalue weighted by Gasteiger charge is -2.23. The number of primary amides is 1. The Bertz CT molecular complexity index is 1550. The molecule has 0 spiro atoms. The van der Waals surface area contributed by atoms with Crippen molar-refractivity contribution in [1.29, 1.82) is 0 Å². The Morgan fingerprint density at radius 2 is 1.92 bits per heavy atom. The summed E-state index contributed by atoms with van der Waals surface area (Å²) in [5.41, 5.74) is 12.5. The lowest BCUT2D eigenvalue weighted by atomic mass is 9.94. The number of hydrogen-bond acceptors (Lipinski definition) is 4. The molecule has 1 aliphatic heterocycles. The van der Waals surface area contributed by atoms with E-state index in [0.717, 1.165) is 33.3 Å². The van der Waals surface area contributed by atoms with Crippen LogP contribution in [0, 0.1) is 6.92 Å². The molecule has 4 rings (SSSR count). The van der Waals surface area contributed by atoms with Crippen LogP contribution in [0.25, 0.3) is 27.6 Å². The van der Waals surface area contributed by atoms with Crippen molar-refractivity contribution in [3.63, 3.8) is 0 Å². The van der Waals surface area contributed by atoms with Gasteiger partial charge in [0.1, 0.15) is 0 Å². The highest BCUT2D eigenvalue weighted by Crippen LogP contribution is 2.37. The van der Waals surface area contributed by atoms with E-state index in [4.69, 9.17) is 5.73 Å². The van der Waals surface area contributed by atoms with E-state index >= 15 is 0 Å². The zero-order chi connectivity index (χ0) is 26.2. The van der Waals surface area contributed by atoms with Gasteiger partial charge in [-0.1, -0.05) is 30.4 Å². The van der Waals surface area contributed by atoms with Crippen LogP contribution in [0.15, 0.2) is 54.1 Å². The quantitative estimate of drug-likeness (QED) is 0.433. The molecule has 0 fully saturated rings. The molecule has 8 nitrogen and oxygen atoms in total. The summed E-state index contributed by atoms with van der Waals surface area (Å²) in [5.74, 6) is -0.705. The second kappa shape index (κ2) is 9.75. The summed E-state index contributed by atoms with van der Waals surface area (Å²) < 4.78 is 25.2. The largest absolute Gasteiger partial charge is 0.366 e. The average Bonchev–Trinajstić information content (AvgIpc) is 3.29. The van der Waals surface area contributed by atoms with Gasteiger partial charge in [0.15, 0.2) is 0 Å². The van der Waals surface area contributed by atoms with Gasteiger partial charge < -0.3 is 16.0 Å². The number of nitrogens with two attached hydrogens (primary N) is 1. The first kappa shape index (κ1) is 25.4. The van der Waals surface area contributed by atoms with Crippen LogP contribution in [0.2, 0.25) is 0 Å². The second-order valence-electron chi connectivity index (χ2n) is 9.00. The summed E-state index contributed by atoms with van der Waals surface area (Å²) in [6, 6.07) is 11.3. The molecular formula is C27H30N4O4S. The van der Waals surface area contributed by atoms with Gasteiger partial charge in [0, 0.05) is 35.4 Å². The molecule has 0 saturated carbocycles. The van der Waals surface area contributed by atoms with Gasteiger partial charge >= 0.3 is 0 Å². The molecule has 2 heterocycles. The predicted molar refractivity (Wildman–Crippen MR) is 144 cm³/mol. The zero-order valence-corrected chi connectivity index (χ0v) is 21.6. The maximum absolute atomic E-state index is 12.5. The smallest absolute Gasteiger partial charge is 0.250 e. The molecule has 0 saturated heterocycles. The molecule has 1 aliphatic rings. The van der Waals surface area contributed by atoms with Gasteiger partial charge in [-0.05, 0) is 67.7 Å². The number of hydrogen-bond donors (Lipinski definition) is 3. The maximum atomic E-state index is 12.5. The normalized spacial score (nSPS) is 15.1. The number of aromatic nitrogens is 1. The highest BCUT2D eigenvalue weighted by Gasteiger charge is 2.23. The van der Waals surface area contributed by atoms with Gasteiger partial charge in [0.05, 0.1) is 17.3 Å². The number of carbonyl (C=O) groups is 2. The van der Waals surface area contributed by atoms with Gasteiger partial charge in [0.2, 0.25) is 10.0 Å². The summed E-state index contributed by atoms with van der Waals surface area (Å²) in [7, 11) is -3.26. The Hall–Kier alpha value is -3.69. The number of H-pyrrole nitrogens is 1. The molecule has 4 N–H and O–H groups in total. The Morgan fingerprint density at radius 1 is 1.17 bits per heavy atom. The van der Waals surface area contributed by atoms with Gasteiger partial charge in [-0.15, -0.1) is 0 Å². The number of fused-ring (bicyclic) bond motifs is 1. The van der Waals surface area contributed by atoms with Gasteiger partial charge in [-0.25, -0.2) is 8.42 Å². The Kier molecular flexibility index (Phi) is 6.88. The fourth-order valence-electron chi connectivity index (χ4n) is 4.44. The SMILES string of the molecule is CC=C(C)C(=O)Nc1cccc(-c2ccc(C(N)=O)c3[nH]c(C4=CCN(S(C)(=O)=O)CC4)cc23)c1C. The number of allylic oxidation sites excluding steroid dienone is 1. The first-order valence-corrected chi connectivity index (χ1v) is 13.5. The number of nitrogens with zero attached hydrogens (tertiary/aromatic N) is 1. The van der Waals surface area contributed by atoms with Crippen LogP contribution < -0.4 is 11.1 Å². The first-order chi connectivity index (χ1) is 17.0. The van der Waals surface area contributed by atoms with E-state index in [-0.39, 0.29) is 5.91 Å². The van der Waals surface area contributed by atoms with Crippen LogP contribution in [-0.2, 0) is 14.8 Å². The van der Waals surface area contributed by atoms with Crippen molar-refractivity contribution in [3.05, 3.63) is 70.9 Å². The summed E-state index contributed by atoms with van der Waals surface area (Å²) >= 11 is 0. The third kappa shape index (κ3) is 4.84. The summed E-state index contributed by atoms with van der Waals surface area (Å²) in [6.07, 6.45) is 5.41. The van der Waals surface area contributed by atoms with E-state index in [9.17, 15) is 18.0 Å². The highest BCUT2D eigenvalue weighted by atomic mass is 32.2. The van der Waals surface area contributed by atoms with E-state index in [1.54, 1.807) is 19.1 Å². The van der Waals surface area contributed by atoms with Crippen molar-refractivity contribution in [2.45, 2.75) is 27.2 Å². The molecule has 0 radical (unpaired) electrons. The third-order valence-corrected chi connectivity index (χ3v) is 7.98. The molecule has 2 aromatic carbocycles. The molecule has 188 valence electrons. The van der Waals surface area contributed by atoms with E-state index < -0.39 is 15.9 Å². The van der Waals surface area contributed by atoms with Crippen LogP contribution in [0.4, 0.5) is 5.69 Å². The molecule has 0 atom stereocenters. The lowest BCUT2D eigenvalue weighted by Crippen LogP contribution is -2.33. The zero-order valence-electron chi connectivity index (χ0n) is 20.8. The molecule has 0 bridgehead atoms. The number of aromatic amines is 1. The van der Waals surface area contributed by atoms with Crippen molar-refractivity contribution in [2.75, 3.05) is 24.7 Å². The number of carbonyl (C=O) groups excluding carboxylic acids is 2. The number of anilines is 1. The number of amides is 2. The van der Waals surface area contributed by atoms with E-state index in [2.05, 4.69) is 10.3 Å². The van der Waals surface area contributed by atoms with Crippen LogP contribution >= 0.6 is 0 Å². The Balaban J connectivity index is 1.82. The van der Waals surface area contributed by atoms with Crippen LogP contribution in [0.3, 0.4) is 0 Å². The molecule has 0 aliphatic carbocycles. The molecule has 1 aromatic heterocycles. The third-order valence-electron chi connectivity index (χ3n) is 6.71. The van der Waals surface area contributed by atoms with Crippen molar-refractivity contribution in [3.8, 4) is 11.1 Å². The monoisotopic (exact) mass is 506 g/mol. The van der Waals surface area contributed by atoms with E-state index in [0.29, 0.717) is 41.9 Å². The van der Waals surface area contributed by atoms with Gasteiger partial charge in [-0.3, -0.25) is 9.59 Å². The Labute approximate surface area is 210 Å². The molecule has 2 amide bonds. The van der Waals surface area contributed by atoms with Crippen molar-refractivity contribution in [1.82, 2.24) is 9.29 Å². The maximum Gasteiger partial charge on any atom is 0.250 e. The minimum Gasteiger partial charge on any atom is -0.366 e. The highest BCUT2D eigenvalue weighted by molar-refractivity contribution is 7.88. The summed E-state index contributed by atoms with van der Waals surface area (Å²) in [6.45, 7) is 6.21. The van der Waals surface area contributed by atoms with Crippen molar-refractivity contribution in [2.24, 2.45) is 5.73 Å². The fraction of sp³-hybridized carbons (Fsp3) is 0.259. The lowest BCUT2D eigenvalue weighted by molar-refractivity contribution is -0.112. The molecule has 36 heavy (non-hydrogen) atoms. The molecule has 3 aromatic rings. The van der Waals surface area contributed by atoms with Crippen molar-refractivity contribution < 1.29 is 18.0 Å². The van der Waals surface area contributed by atoms with Crippen LogP contribution in [0.5, 0.6) is 0 Å². The Morgan fingerprint density at radius 3 is 2.53 bits per heavy atom. The number of nitrogens with one attached hydrogen (secondary N) is 2. The number of sulfonamides is 1. The predicted octanol–water partition coefficient (Wildman–Crippen LogP) is 4.20. The molecule has 9 heteroatoms. The molecular weight excluding hydrogens is 476 g/mol. The number of benzene rings is 2. The average molecular weight is 507 g/mol. The summed E-state index contributed by atoms with van der Waals surface area (Å²) in [4.78, 5) is 28.0. The standard InChI is InChI=1S/C27H30N4O4S/c1-5-16(2)27(33)30-23-8-6-7-19(17(23)3)20-9-10-21(26(28)32)25-22(20)15-24(29-25)18-11-13-31(14-12-18)36(4,34)35/h5-11,15,29H,12-14H2,1-4H3,(H2,28,32)(H,30,33). The summed E-state index contributed by atoms with van der Waals surface area (Å²) in [5, 5.41) is 3.79. The molecule has 0 unspecified atom stereocenters. The van der Waals surface area contributed by atoms with E-state index in [1.807, 2.05) is 50.3 Å². The first-order valence-electron chi connectivity index (χ1n) is 11.7. The fourth-order valence-corrected chi connectivity index (χ4v) is 5.21. The van der Waals surface area contributed by atoms with Crippen LogP contribution in [0.1, 0.15) is 41.9 Å². The second-order valence-corrected chi connectivity index (χ2v) is 11.0. The van der Waals surface area contributed by atoms with Gasteiger partial charge in [-0.2, -0.15) is 4.31 Å². The number of rotatable bonds is 6. The van der Waals surface area contributed by atoms with Gasteiger partial charge in [0.25, 0.3) is 11.8 Å². The topological polar surface area (TPSA) is 125 Å². The minimum absolute atomic E-state index is 0.164. The van der Waals surface area contributed by atoms with Crippen LogP contribution in [-0.4, -0.2) is 48.9 Å². The minimum atomic E-state index is -3.26. The van der Waals surface area contributed by atoms with Crippen molar-refractivity contribution >= 4 is 44.0 Å².